The van der Waals surface area contributed by atoms with Crippen LogP contribution in [0.5, 0.6) is 0 Å². The minimum atomic E-state index is -0.00504. The van der Waals surface area contributed by atoms with E-state index >= 15 is 0 Å². The molecule has 1 aromatic carbocycles. The SMILES string of the molecule is CCC(C)NC(=NCC(=O)N(C)C)NCCc1cc(C)cc(C)c1. The second-order valence-electron chi connectivity index (χ2n) is 6.58. The van der Waals surface area contributed by atoms with Gasteiger partial charge < -0.3 is 15.5 Å². The Labute approximate surface area is 146 Å². The molecular formula is C19H32N4O. The number of rotatable bonds is 7. The molecule has 0 fully saturated rings. The summed E-state index contributed by atoms with van der Waals surface area (Å²) in [6.07, 6.45) is 1.92. The Balaban J connectivity index is 2.63. The summed E-state index contributed by atoms with van der Waals surface area (Å²) in [5.74, 6) is 0.693. The molecule has 24 heavy (non-hydrogen) atoms. The zero-order valence-electron chi connectivity index (χ0n) is 15.9. The van der Waals surface area contributed by atoms with Gasteiger partial charge in [-0.1, -0.05) is 36.2 Å². The van der Waals surface area contributed by atoms with Crippen LogP contribution in [0.25, 0.3) is 0 Å². The molecule has 0 aromatic heterocycles. The van der Waals surface area contributed by atoms with E-state index in [0.29, 0.717) is 12.0 Å². The van der Waals surface area contributed by atoms with Gasteiger partial charge in [0.1, 0.15) is 6.54 Å². The minimum Gasteiger partial charge on any atom is -0.356 e. The van der Waals surface area contributed by atoms with Crippen LogP contribution in [0.2, 0.25) is 0 Å². The maximum Gasteiger partial charge on any atom is 0.243 e. The predicted octanol–water partition coefficient (Wildman–Crippen LogP) is 2.27. The molecule has 1 aromatic rings. The lowest BCUT2D eigenvalue weighted by Crippen LogP contribution is -2.43. The van der Waals surface area contributed by atoms with E-state index < -0.39 is 0 Å². The van der Waals surface area contributed by atoms with Crippen molar-refractivity contribution >= 4 is 11.9 Å². The second-order valence-corrected chi connectivity index (χ2v) is 6.58. The maximum absolute atomic E-state index is 11.7. The topological polar surface area (TPSA) is 56.7 Å². The summed E-state index contributed by atoms with van der Waals surface area (Å²) in [5.41, 5.74) is 3.88. The van der Waals surface area contributed by atoms with Gasteiger partial charge in [-0.2, -0.15) is 0 Å². The van der Waals surface area contributed by atoms with Crippen molar-refractivity contribution < 1.29 is 4.79 Å². The van der Waals surface area contributed by atoms with Crippen molar-refractivity contribution in [3.8, 4) is 0 Å². The fraction of sp³-hybridized carbons (Fsp3) is 0.579. The highest BCUT2D eigenvalue weighted by atomic mass is 16.2. The van der Waals surface area contributed by atoms with Crippen molar-refractivity contribution in [1.29, 1.82) is 0 Å². The molecule has 0 saturated heterocycles. The van der Waals surface area contributed by atoms with Crippen LogP contribution in [-0.2, 0) is 11.2 Å². The lowest BCUT2D eigenvalue weighted by Gasteiger charge is -2.17. The lowest BCUT2D eigenvalue weighted by molar-refractivity contribution is -0.127. The van der Waals surface area contributed by atoms with Crippen molar-refractivity contribution in [2.24, 2.45) is 4.99 Å². The number of aryl methyl sites for hydroxylation is 2. The van der Waals surface area contributed by atoms with Crippen LogP contribution in [0.15, 0.2) is 23.2 Å². The molecule has 5 nitrogen and oxygen atoms in total. The van der Waals surface area contributed by atoms with Crippen molar-refractivity contribution in [2.45, 2.75) is 46.6 Å². The van der Waals surface area contributed by atoms with Gasteiger partial charge in [0.05, 0.1) is 0 Å². The first-order chi connectivity index (χ1) is 11.3. The van der Waals surface area contributed by atoms with Gasteiger partial charge in [-0.15, -0.1) is 0 Å². The first-order valence-corrected chi connectivity index (χ1v) is 8.64. The van der Waals surface area contributed by atoms with E-state index in [1.165, 1.54) is 16.7 Å². The number of guanidine groups is 1. The zero-order valence-corrected chi connectivity index (χ0v) is 15.9. The Morgan fingerprint density at radius 3 is 2.38 bits per heavy atom. The summed E-state index contributed by atoms with van der Waals surface area (Å²) in [6.45, 7) is 9.40. The van der Waals surface area contributed by atoms with Crippen LogP contribution in [0.3, 0.4) is 0 Å². The molecule has 0 saturated carbocycles. The van der Waals surface area contributed by atoms with Gasteiger partial charge in [-0.05, 0) is 39.2 Å². The molecule has 5 heteroatoms. The van der Waals surface area contributed by atoms with E-state index in [9.17, 15) is 4.79 Å². The Bertz CT molecular complexity index is 546. The minimum absolute atomic E-state index is 0.00504. The number of aliphatic imine (C=N–C) groups is 1. The van der Waals surface area contributed by atoms with Crippen LogP contribution in [0.1, 0.15) is 37.0 Å². The van der Waals surface area contributed by atoms with Gasteiger partial charge in [-0.3, -0.25) is 4.79 Å². The Hall–Kier alpha value is -2.04. The number of carbonyl (C=O) groups is 1. The molecule has 1 unspecified atom stereocenters. The van der Waals surface area contributed by atoms with E-state index in [2.05, 4.69) is 61.5 Å². The molecule has 2 N–H and O–H groups in total. The van der Waals surface area contributed by atoms with Crippen LogP contribution >= 0.6 is 0 Å². The van der Waals surface area contributed by atoms with Crippen LogP contribution in [-0.4, -0.2) is 50.0 Å². The number of benzene rings is 1. The predicted molar refractivity (Wildman–Crippen MR) is 102 cm³/mol. The van der Waals surface area contributed by atoms with Crippen molar-refractivity contribution in [3.05, 3.63) is 34.9 Å². The molecule has 0 radical (unpaired) electrons. The molecule has 134 valence electrons. The summed E-state index contributed by atoms with van der Waals surface area (Å²) in [4.78, 5) is 17.7. The highest BCUT2D eigenvalue weighted by molar-refractivity contribution is 5.84. The van der Waals surface area contributed by atoms with Gasteiger partial charge in [-0.25, -0.2) is 4.99 Å². The lowest BCUT2D eigenvalue weighted by atomic mass is 10.1. The molecule has 1 amide bonds. The number of nitrogens with zero attached hydrogens (tertiary/aromatic N) is 2. The summed E-state index contributed by atoms with van der Waals surface area (Å²) in [7, 11) is 3.49. The molecule has 1 rings (SSSR count). The quantitative estimate of drug-likeness (QED) is 0.595. The fourth-order valence-electron chi connectivity index (χ4n) is 2.31. The van der Waals surface area contributed by atoms with Crippen LogP contribution in [0, 0.1) is 13.8 Å². The third kappa shape index (κ3) is 7.49. The number of nitrogens with one attached hydrogen (secondary N) is 2. The summed E-state index contributed by atoms with van der Waals surface area (Å²) in [6, 6.07) is 6.92. The average molecular weight is 332 g/mol. The van der Waals surface area contributed by atoms with Gasteiger partial charge in [0, 0.05) is 26.7 Å². The van der Waals surface area contributed by atoms with Gasteiger partial charge in [0.25, 0.3) is 0 Å². The number of amides is 1. The molecule has 1 atom stereocenters. The molecule has 0 bridgehead atoms. The Kier molecular flexibility index (Phi) is 8.30. The normalized spacial score (nSPS) is 12.7. The first-order valence-electron chi connectivity index (χ1n) is 8.64. The second kappa shape index (κ2) is 9.96. The van der Waals surface area contributed by atoms with Gasteiger partial charge in [0.2, 0.25) is 5.91 Å². The standard InChI is InChI=1S/C19H32N4O/c1-7-16(4)22-19(21-13-18(24)23(5)6)20-9-8-17-11-14(2)10-15(3)12-17/h10-12,16H,7-9,13H2,1-6H3,(H2,20,21,22). The Morgan fingerprint density at radius 2 is 1.83 bits per heavy atom. The highest BCUT2D eigenvalue weighted by Crippen LogP contribution is 2.08. The summed E-state index contributed by atoms with van der Waals surface area (Å²) >= 11 is 0. The van der Waals surface area contributed by atoms with E-state index in [4.69, 9.17) is 0 Å². The smallest absolute Gasteiger partial charge is 0.243 e. The number of likely N-dealkylation sites (N-methyl/N-ethyl adjacent to an activating group) is 1. The molecule has 0 heterocycles. The van der Waals surface area contributed by atoms with Gasteiger partial charge >= 0.3 is 0 Å². The van der Waals surface area contributed by atoms with Crippen molar-refractivity contribution in [3.63, 3.8) is 0 Å². The van der Waals surface area contributed by atoms with E-state index in [1.54, 1.807) is 19.0 Å². The van der Waals surface area contributed by atoms with Crippen molar-refractivity contribution in [2.75, 3.05) is 27.2 Å². The largest absolute Gasteiger partial charge is 0.356 e. The average Bonchev–Trinajstić information content (AvgIpc) is 2.50. The Morgan fingerprint density at radius 1 is 1.21 bits per heavy atom. The summed E-state index contributed by atoms with van der Waals surface area (Å²) < 4.78 is 0. The third-order valence-electron chi connectivity index (χ3n) is 3.85. The van der Waals surface area contributed by atoms with Crippen LogP contribution < -0.4 is 10.6 Å². The molecule has 0 aliphatic rings. The first kappa shape index (κ1) is 20.0. The van der Waals surface area contributed by atoms with E-state index in [1.807, 2.05) is 0 Å². The molecular weight excluding hydrogens is 300 g/mol. The summed E-state index contributed by atoms with van der Waals surface area (Å²) in [5, 5.41) is 6.67. The monoisotopic (exact) mass is 332 g/mol. The molecule has 0 aliphatic heterocycles. The maximum atomic E-state index is 11.7. The van der Waals surface area contributed by atoms with Gasteiger partial charge in [0.15, 0.2) is 5.96 Å². The number of hydrogen-bond donors (Lipinski definition) is 2. The van der Waals surface area contributed by atoms with E-state index in [-0.39, 0.29) is 12.5 Å². The van der Waals surface area contributed by atoms with Crippen LogP contribution in [0.4, 0.5) is 0 Å². The van der Waals surface area contributed by atoms with Crippen molar-refractivity contribution in [1.82, 2.24) is 15.5 Å². The molecule has 0 spiro atoms. The highest BCUT2D eigenvalue weighted by Gasteiger charge is 2.07. The number of hydrogen-bond acceptors (Lipinski definition) is 2. The van der Waals surface area contributed by atoms with E-state index in [0.717, 1.165) is 19.4 Å². The number of carbonyl (C=O) groups excluding carboxylic acids is 1. The fourth-order valence-corrected chi connectivity index (χ4v) is 2.31. The zero-order chi connectivity index (χ0) is 18.1. The third-order valence-corrected chi connectivity index (χ3v) is 3.85. The molecule has 0 aliphatic carbocycles.